The van der Waals surface area contributed by atoms with Gasteiger partial charge in [-0.2, -0.15) is 0 Å². The van der Waals surface area contributed by atoms with Crippen LogP contribution in [-0.4, -0.2) is 0 Å². The fraction of sp³-hybridized carbons (Fsp3) is 0. The first-order chi connectivity index (χ1) is 27.2. The summed E-state index contributed by atoms with van der Waals surface area (Å²) in [6, 6.07) is 72.3. The maximum absolute atomic E-state index is 6.27. The van der Waals surface area contributed by atoms with Crippen LogP contribution < -0.4 is 4.90 Å². The molecule has 0 amide bonds. The van der Waals surface area contributed by atoms with E-state index >= 15 is 0 Å². The molecule has 0 saturated heterocycles. The van der Waals surface area contributed by atoms with Gasteiger partial charge in [0.1, 0.15) is 11.2 Å². The molecule has 0 bridgehead atoms. The molecule has 0 radical (unpaired) electrons. The predicted octanol–water partition coefficient (Wildman–Crippen LogP) is 15.6. The molecule has 0 aliphatic heterocycles. The molecule has 2 heterocycles. The first-order valence-electron chi connectivity index (χ1n) is 18.7. The summed E-state index contributed by atoms with van der Waals surface area (Å²) in [7, 11) is 0. The number of benzene rings is 9. The largest absolute Gasteiger partial charge is 0.456 e. The van der Waals surface area contributed by atoms with Crippen molar-refractivity contribution in [2.75, 3.05) is 4.90 Å². The van der Waals surface area contributed by atoms with Crippen molar-refractivity contribution in [1.82, 2.24) is 0 Å². The third kappa shape index (κ3) is 5.40. The summed E-state index contributed by atoms with van der Waals surface area (Å²) < 4.78 is 8.91. The molecule has 11 aromatic rings. The molecule has 0 aliphatic carbocycles. The van der Waals surface area contributed by atoms with E-state index in [2.05, 4.69) is 193 Å². The Bertz CT molecular complexity index is 3220. The van der Waals surface area contributed by atoms with Gasteiger partial charge in [0.25, 0.3) is 0 Å². The van der Waals surface area contributed by atoms with E-state index in [0.29, 0.717) is 0 Å². The molecule has 0 atom stereocenters. The summed E-state index contributed by atoms with van der Waals surface area (Å²) in [5, 5.41) is 7.35. The Hall–Kier alpha value is -6.94. The third-order valence-corrected chi connectivity index (χ3v) is 12.0. The van der Waals surface area contributed by atoms with Crippen LogP contribution in [0, 0.1) is 0 Å². The molecule has 258 valence electrons. The summed E-state index contributed by atoms with van der Waals surface area (Å²) in [6.07, 6.45) is 0. The van der Waals surface area contributed by atoms with E-state index in [1.165, 1.54) is 53.2 Å². The number of para-hydroxylation sites is 2. The molecule has 0 fully saturated rings. The van der Waals surface area contributed by atoms with Crippen molar-refractivity contribution in [3.8, 4) is 33.4 Å². The normalized spacial score (nSPS) is 11.6. The number of anilines is 3. The summed E-state index contributed by atoms with van der Waals surface area (Å²) in [5.41, 5.74) is 12.2. The van der Waals surface area contributed by atoms with E-state index in [-0.39, 0.29) is 0 Å². The van der Waals surface area contributed by atoms with Gasteiger partial charge < -0.3 is 9.32 Å². The number of hydrogen-bond donors (Lipinski definition) is 0. The van der Waals surface area contributed by atoms with Gasteiger partial charge in [-0.3, -0.25) is 0 Å². The van der Waals surface area contributed by atoms with Crippen LogP contribution >= 0.6 is 11.3 Å². The Morgan fingerprint density at radius 3 is 1.89 bits per heavy atom. The topological polar surface area (TPSA) is 16.4 Å². The lowest BCUT2D eigenvalue weighted by Crippen LogP contribution is -2.11. The highest BCUT2D eigenvalue weighted by molar-refractivity contribution is 7.25. The molecular formula is C52H33NOS. The van der Waals surface area contributed by atoms with Gasteiger partial charge >= 0.3 is 0 Å². The summed E-state index contributed by atoms with van der Waals surface area (Å²) in [4.78, 5) is 2.39. The van der Waals surface area contributed by atoms with Gasteiger partial charge in [0, 0.05) is 47.9 Å². The zero-order valence-corrected chi connectivity index (χ0v) is 30.6. The lowest BCUT2D eigenvalue weighted by atomic mass is 9.94. The van der Waals surface area contributed by atoms with Crippen molar-refractivity contribution in [3.63, 3.8) is 0 Å². The van der Waals surface area contributed by atoms with E-state index in [0.717, 1.165) is 50.1 Å². The minimum absolute atomic E-state index is 0.882. The van der Waals surface area contributed by atoms with Crippen LogP contribution in [-0.2, 0) is 0 Å². The van der Waals surface area contributed by atoms with Crippen LogP contribution in [0.25, 0.3) is 86.3 Å². The molecule has 0 unspecified atom stereocenters. The van der Waals surface area contributed by atoms with Crippen LogP contribution in [0.15, 0.2) is 205 Å². The van der Waals surface area contributed by atoms with Crippen molar-refractivity contribution >= 4 is 81.3 Å². The van der Waals surface area contributed by atoms with Gasteiger partial charge in [0.2, 0.25) is 0 Å². The van der Waals surface area contributed by atoms with Gasteiger partial charge in [-0.15, -0.1) is 11.3 Å². The second kappa shape index (κ2) is 12.9. The summed E-state index contributed by atoms with van der Waals surface area (Å²) in [6.45, 7) is 0. The molecule has 9 aromatic carbocycles. The van der Waals surface area contributed by atoms with Crippen molar-refractivity contribution in [3.05, 3.63) is 200 Å². The number of hydrogen-bond acceptors (Lipinski definition) is 3. The highest BCUT2D eigenvalue weighted by Gasteiger charge is 2.20. The molecule has 2 nitrogen and oxygen atoms in total. The van der Waals surface area contributed by atoms with Crippen molar-refractivity contribution in [2.24, 2.45) is 0 Å². The average Bonchev–Trinajstić information content (AvgIpc) is 3.82. The summed E-state index contributed by atoms with van der Waals surface area (Å²) >= 11 is 1.86. The lowest BCUT2D eigenvalue weighted by Gasteiger charge is -2.28. The Labute approximate surface area is 322 Å². The lowest BCUT2D eigenvalue weighted by molar-refractivity contribution is 0.669. The van der Waals surface area contributed by atoms with Gasteiger partial charge in [-0.1, -0.05) is 140 Å². The standard InChI is InChI=1S/C52H33NOS/c1-2-15-41-35(11-1)12-10-19-42(41)37-13-9-14-38(31-37)43-16-3-6-20-48(43)53(40-28-30-50-47(33-40)44-17-4-7-21-49(44)54-50)39-26-23-34(24-27-39)36-25-29-46-45-18-5-8-22-51(45)55-52(46)32-36/h1-33H. The van der Waals surface area contributed by atoms with Crippen LogP contribution in [0.4, 0.5) is 17.1 Å². The first-order valence-corrected chi connectivity index (χ1v) is 19.5. The van der Waals surface area contributed by atoms with Gasteiger partial charge in [-0.05, 0) is 99.3 Å². The average molecular weight is 720 g/mol. The number of fused-ring (bicyclic) bond motifs is 7. The quantitative estimate of drug-likeness (QED) is 0.170. The van der Waals surface area contributed by atoms with Crippen LogP contribution in [0.2, 0.25) is 0 Å². The Morgan fingerprint density at radius 2 is 0.982 bits per heavy atom. The summed E-state index contributed by atoms with van der Waals surface area (Å²) in [5.74, 6) is 0. The van der Waals surface area contributed by atoms with E-state index < -0.39 is 0 Å². The van der Waals surface area contributed by atoms with Gasteiger partial charge in [-0.25, -0.2) is 0 Å². The zero-order valence-electron chi connectivity index (χ0n) is 29.8. The zero-order chi connectivity index (χ0) is 36.3. The third-order valence-electron chi connectivity index (χ3n) is 10.9. The predicted molar refractivity (Wildman–Crippen MR) is 235 cm³/mol. The Morgan fingerprint density at radius 1 is 0.345 bits per heavy atom. The fourth-order valence-corrected chi connectivity index (χ4v) is 9.38. The molecule has 0 saturated carbocycles. The molecule has 3 heteroatoms. The minimum atomic E-state index is 0.882. The molecule has 0 spiro atoms. The van der Waals surface area contributed by atoms with E-state index in [1.54, 1.807) is 0 Å². The van der Waals surface area contributed by atoms with E-state index in [9.17, 15) is 0 Å². The highest BCUT2D eigenvalue weighted by Crippen LogP contribution is 2.44. The highest BCUT2D eigenvalue weighted by atomic mass is 32.1. The number of nitrogens with zero attached hydrogens (tertiary/aromatic N) is 1. The van der Waals surface area contributed by atoms with Gasteiger partial charge in [0.15, 0.2) is 0 Å². The number of rotatable bonds is 6. The van der Waals surface area contributed by atoms with Crippen LogP contribution in [0.3, 0.4) is 0 Å². The fourth-order valence-electron chi connectivity index (χ4n) is 8.23. The molecule has 11 rings (SSSR count). The van der Waals surface area contributed by atoms with Crippen molar-refractivity contribution < 1.29 is 4.42 Å². The monoisotopic (exact) mass is 719 g/mol. The second-order valence-corrected chi connectivity index (χ2v) is 15.2. The van der Waals surface area contributed by atoms with Crippen molar-refractivity contribution in [2.45, 2.75) is 0 Å². The molecule has 0 N–H and O–H groups in total. The molecule has 2 aromatic heterocycles. The van der Waals surface area contributed by atoms with Crippen LogP contribution in [0.5, 0.6) is 0 Å². The molecular weight excluding hydrogens is 687 g/mol. The smallest absolute Gasteiger partial charge is 0.135 e. The van der Waals surface area contributed by atoms with E-state index in [1.807, 2.05) is 23.5 Å². The van der Waals surface area contributed by atoms with Gasteiger partial charge in [0.05, 0.1) is 5.69 Å². The second-order valence-electron chi connectivity index (χ2n) is 14.1. The van der Waals surface area contributed by atoms with E-state index in [4.69, 9.17) is 4.42 Å². The maximum Gasteiger partial charge on any atom is 0.135 e. The minimum Gasteiger partial charge on any atom is -0.456 e. The Balaban J connectivity index is 1.06. The number of furan rings is 1. The first kappa shape index (κ1) is 31.6. The maximum atomic E-state index is 6.27. The SMILES string of the molecule is c1cc(-c2ccccc2N(c2ccc(-c3ccc4c(c3)sc3ccccc34)cc2)c2ccc3oc4ccccc4c3c2)cc(-c2cccc3ccccc23)c1. The van der Waals surface area contributed by atoms with Crippen LogP contribution in [0.1, 0.15) is 0 Å². The number of thiophene rings is 1. The molecule has 0 aliphatic rings. The van der Waals surface area contributed by atoms with Crippen molar-refractivity contribution in [1.29, 1.82) is 0 Å². The molecule has 55 heavy (non-hydrogen) atoms. The Kier molecular flexibility index (Phi) is 7.39.